The van der Waals surface area contributed by atoms with E-state index in [9.17, 15) is 19.2 Å². The van der Waals surface area contributed by atoms with Gasteiger partial charge in [0.15, 0.2) is 5.49 Å². The van der Waals surface area contributed by atoms with E-state index in [-0.39, 0.29) is 44.0 Å². The van der Waals surface area contributed by atoms with Crippen LogP contribution < -0.4 is 16.0 Å². The molecule has 1 unspecified atom stereocenters. The Labute approximate surface area is 277 Å². The largest absolute Gasteiger partial charge is 0.462 e. The van der Waals surface area contributed by atoms with Crippen LogP contribution in [0, 0.1) is 17.2 Å². The summed E-state index contributed by atoms with van der Waals surface area (Å²) in [6, 6.07) is 3.85. The molecule has 2 aliphatic heterocycles. The molecular weight excluding hydrogens is 604 g/mol. The van der Waals surface area contributed by atoms with Crippen LogP contribution in [-0.4, -0.2) is 90.0 Å². The average molecular weight is 655 g/mol. The summed E-state index contributed by atoms with van der Waals surface area (Å²) in [5.41, 5.74) is 2.02. The monoisotopic (exact) mass is 654 g/mol. The maximum absolute atomic E-state index is 13.1. The second-order valence-corrected chi connectivity index (χ2v) is 13.0. The number of fused-ring (bicyclic) bond motifs is 1. The molecule has 2 amide bonds. The molecule has 0 aliphatic carbocycles. The van der Waals surface area contributed by atoms with Crippen LogP contribution in [0.1, 0.15) is 86.0 Å². The number of carbonyl (C=O) groups is 4. The maximum Gasteiger partial charge on any atom is 0.419 e. The highest BCUT2D eigenvalue weighted by atomic mass is 16.6. The zero-order chi connectivity index (χ0) is 34.6. The molecular formula is C34H50N6O7. The minimum absolute atomic E-state index is 0.0318. The van der Waals surface area contributed by atoms with Gasteiger partial charge in [-0.1, -0.05) is 20.3 Å². The van der Waals surface area contributed by atoms with Gasteiger partial charge < -0.3 is 29.3 Å². The third-order valence-electron chi connectivity index (χ3n) is 8.31. The molecule has 2 aliphatic rings. The van der Waals surface area contributed by atoms with Gasteiger partial charge in [0.25, 0.3) is 0 Å². The Morgan fingerprint density at radius 2 is 1.89 bits per heavy atom. The lowest BCUT2D eigenvalue weighted by atomic mass is 9.91. The number of rotatable bonds is 13. The molecule has 1 N–H and O–H groups in total. The lowest BCUT2D eigenvalue weighted by Gasteiger charge is -2.43. The van der Waals surface area contributed by atoms with Crippen molar-refractivity contribution in [1.82, 2.24) is 19.7 Å². The van der Waals surface area contributed by atoms with Crippen LogP contribution in [-0.2, 0) is 23.8 Å². The van der Waals surface area contributed by atoms with E-state index in [1.807, 2.05) is 19.2 Å². The van der Waals surface area contributed by atoms with Crippen molar-refractivity contribution in [3.63, 3.8) is 0 Å². The van der Waals surface area contributed by atoms with Crippen LogP contribution in [0.2, 0.25) is 0 Å². The highest BCUT2D eigenvalue weighted by molar-refractivity contribution is 5.78. The van der Waals surface area contributed by atoms with Gasteiger partial charge in [0.2, 0.25) is 5.91 Å². The van der Waals surface area contributed by atoms with Gasteiger partial charge in [-0.25, -0.2) is 19.1 Å². The van der Waals surface area contributed by atoms with E-state index in [1.54, 1.807) is 38.1 Å². The van der Waals surface area contributed by atoms with E-state index in [1.165, 1.54) is 4.57 Å². The quantitative estimate of drug-likeness (QED) is 0.191. The van der Waals surface area contributed by atoms with E-state index >= 15 is 0 Å². The molecule has 0 spiro atoms. The summed E-state index contributed by atoms with van der Waals surface area (Å²) >= 11 is 0. The van der Waals surface area contributed by atoms with Crippen molar-refractivity contribution < 1.29 is 33.4 Å². The minimum Gasteiger partial charge on any atom is -0.462 e. The first-order chi connectivity index (χ1) is 22.3. The lowest BCUT2D eigenvalue weighted by molar-refractivity contribution is -0.144. The minimum atomic E-state index is -0.627. The molecule has 47 heavy (non-hydrogen) atoms. The van der Waals surface area contributed by atoms with E-state index in [0.717, 1.165) is 35.8 Å². The number of unbranched alkanes of at least 4 members (excludes halogenated alkanes) is 2. The number of nitrogens with one attached hydrogen (secondary N) is 1. The van der Waals surface area contributed by atoms with Crippen LogP contribution in [0.4, 0.5) is 9.59 Å². The number of carbonyl (C=O) groups excluding carboxylic acids is 4. The van der Waals surface area contributed by atoms with Crippen LogP contribution in [0.25, 0.3) is 5.70 Å². The number of hydrogen-bond donors (Lipinski definition) is 1. The predicted octanol–water partition coefficient (Wildman–Crippen LogP) is 3.61. The number of amides is 2. The molecule has 0 radical (unpaired) electrons. The standard InChI is InChI=1S/C34H50N6O7/c1-7-25-21-27(38(6)28-23-39(17-13-24(28)2)29(41)12-15-35)26-14-18-40(31(26)37-22-25)33(44)46-20-19-45-30(42)11-9-8-10-16-36-32(43)47-34(3,4)5/h14,18,22,24,28H,7-13,16-17,19-21,23H2,1-6H3,(H,36,43)/t24-,28?/m1/s1. The predicted molar refractivity (Wildman–Crippen MR) is 174 cm³/mol. The van der Waals surface area contributed by atoms with Crippen molar-refractivity contribution in [2.45, 2.75) is 97.6 Å². The highest BCUT2D eigenvalue weighted by Gasteiger charge is 2.33. The molecule has 1 fully saturated rings. The fourth-order valence-corrected chi connectivity index (χ4v) is 5.63. The number of aromatic nitrogens is 1. The summed E-state index contributed by atoms with van der Waals surface area (Å²) in [5.74, 6) is -0.222. The van der Waals surface area contributed by atoms with Crippen molar-refractivity contribution in [1.29, 1.82) is 5.26 Å². The molecule has 1 saturated heterocycles. The third-order valence-corrected chi connectivity index (χ3v) is 8.31. The Bertz CT molecular complexity index is 1470. The maximum atomic E-state index is 13.1. The average Bonchev–Trinajstić information content (AvgIpc) is 3.34. The van der Waals surface area contributed by atoms with Gasteiger partial charge in [0.1, 0.15) is 25.2 Å². The molecule has 13 heteroatoms. The summed E-state index contributed by atoms with van der Waals surface area (Å²) in [4.78, 5) is 58.0. The third kappa shape index (κ3) is 11.2. The Hall–Kier alpha value is -4.34. The SMILES string of the molecule is CCC1=CN=c2c(ccn2C(=O)OCCOC(=O)CCCCCNC(=O)OC(C)(C)C)=C(N(C)C2CN(C(=O)CC#N)CC[C@H]2C)C1. The van der Waals surface area contributed by atoms with Gasteiger partial charge in [-0.15, -0.1) is 0 Å². The van der Waals surface area contributed by atoms with Gasteiger partial charge in [-0.2, -0.15) is 5.26 Å². The van der Waals surface area contributed by atoms with Gasteiger partial charge in [-0.3, -0.25) is 9.59 Å². The van der Waals surface area contributed by atoms with E-state index < -0.39 is 17.8 Å². The Morgan fingerprint density at radius 3 is 2.60 bits per heavy atom. The van der Waals surface area contributed by atoms with Crippen molar-refractivity contribution in [2.75, 3.05) is 39.9 Å². The topological polar surface area (TPSA) is 156 Å². The molecule has 1 aromatic rings. The Balaban J connectivity index is 1.55. The van der Waals surface area contributed by atoms with Crippen molar-refractivity contribution in [3.05, 3.63) is 34.7 Å². The molecule has 3 rings (SSSR count). The van der Waals surface area contributed by atoms with Gasteiger partial charge in [0.05, 0.1) is 6.07 Å². The summed E-state index contributed by atoms with van der Waals surface area (Å²) in [5, 5.41) is 12.5. The zero-order valence-corrected chi connectivity index (χ0v) is 28.7. The van der Waals surface area contributed by atoms with Crippen LogP contribution in [0.3, 0.4) is 0 Å². The van der Waals surface area contributed by atoms with Crippen molar-refractivity contribution >= 4 is 29.8 Å². The lowest BCUT2D eigenvalue weighted by Crippen LogP contribution is -2.53. The molecule has 0 bridgehead atoms. The number of likely N-dealkylation sites (N-methyl/N-ethyl adjacent to an activating group) is 1. The zero-order valence-electron chi connectivity index (χ0n) is 28.7. The molecule has 258 valence electrons. The fourth-order valence-electron chi connectivity index (χ4n) is 5.63. The molecule has 1 aromatic heterocycles. The van der Waals surface area contributed by atoms with E-state index in [4.69, 9.17) is 19.5 Å². The summed E-state index contributed by atoms with van der Waals surface area (Å²) in [6.45, 7) is 11.1. The summed E-state index contributed by atoms with van der Waals surface area (Å²) in [7, 11) is 2.02. The fraction of sp³-hybridized carbons (Fsp3) is 0.647. The Kier molecular flexibility index (Phi) is 13.9. The van der Waals surface area contributed by atoms with Gasteiger partial charge in [-0.05, 0) is 64.0 Å². The molecule has 2 atom stereocenters. The Morgan fingerprint density at radius 1 is 1.15 bits per heavy atom. The summed E-state index contributed by atoms with van der Waals surface area (Å²) < 4.78 is 17.2. The van der Waals surface area contributed by atoms with Crippen LogP contribution >= 0.6 is 0 Å². The first-order valence-corrected chi connectivity index (χ1v) is 16.5. The number of nitrogens with zero attached hydrogens (tertiary/aromatic N) is 5. The second-order valence-electron chi connectivity index (χ2n) is 13.0. The van der Waals surface area contributed by atoms with Gasteiger partial charge >= 0.3 is 18.2 Å². The number of alkyl carbamates (subject to hydrolysis) is 1. The van der Waals surface area contributed by atoms with E-state index in [0.29, 0.717) is 50.3 Å². The number of likely N-dealkylation sites (tertiary alicyclic amines) is 1. The molecule has 13 nitrogen and oxygen atoms in total. The number of esters is 1. The van der Waals surface area contributed by atoms with Crippen molar-refractivity contribution in [2.24, 2.45) is 10.9 Å². The van der Waals surface area contributed by atoms with Crippen molar-refractivity contribution in [3.8, 4) is 6.07 Å². The summed E-state index contributed by atoms with van der Waals surface area (Å²) in [6.07, 6.45) is 6.76. The first-order valence-electron chi connectivity index (χ1n) is 16.5. The smallest absolute Gasteiger partial charge is 0.419 e. The molecule has 0 saturated carbocycles. The normalized spacial score (nSPS) is 17.7. The van der Waals surface area contributed by atoms with Crippen LogP contribution in [0.15, 0.2) is 29.0 Å². The molecule has 0 aromatic carbocycles. The van der Waals surface area contributed by atoms with Gasteiger partial charge in [0, 0.05) is 68.9 Å². The first kappa shape index (κ1) is 37.1. The van der Waals surface area contributed by atoms with Crippen LogP contribution in [0.5, 0.6) is 0 Å². The second kappa shape index (κ2) is 17.5. The highest BCUT2D eigenvalue weighted by Crippen LogP contribution is 2.28. The van der Waals surface area contributed by atoms with E-state index in [2.05, 4.69) is 29.1 Å². The number of ether oxygens (including phenoxy) is 3. The number of hydrogen-bond acceptors (Lipinski definition) is 10. The number of nitriles is 1. The number of piperidine rings is 1. The molecule has 3 heterocycles.